The summed E-state index contributed by atoms with van der Waals surface area (Å²) in [6.07, 6.45) is 0. The molecule has 0 spiro atoms. The lowest BCUT2D eigenvalue weighted by Crippen LogP contribution is -2.36. The van der Waals surface area contributed by atoms with Crippen LogP contribution in [0.1, 0.15) is 5.56 Å². The zero-order chi connectivity index (χ0) is 14.8. The first kappa shape index (κ1) is 14.0. The van der Waals surface area contributed by atoms with Crippen molar-refractivity contribution in [2.75, 3.05) is 0 Å². The molecule has 3 aromatic rings. The van der Waals surface area contributed by atoms with Gasteiger partial charge >= 0.3 is 4.87 Å². The number of benzene rings is 2. The predicted molar refractivity (Wildman–Crippen MR) is 86.8 cm³/mol. The van der Waals surface area contributed by atoms with E-state index in [0.29, 0.717) is 10.1 Å². The third-order valence-corrected chi connectivity index (χ3v) is 4.33. The zero-order valence-electron chi connectivity index (χ0n) is 10.8. The van der Waals surface area contributed by atoms with Crippen molar-refractivity contribution in [1.82, 2.24) is 4.73 Å². The maximum Gasteiger partial charge on any atom is 0.343 e. The molecule has 106 valence electrons. The molecule has 0 bridgehead atoms. The summed E-state index contributed by atoms with van der Waals surface area (Å²) >= 11 is 4.31. The van der Waals surface area contributed by atoms with Crippen molar-refractivity contribution >= 4 is 37.4 Å². The second kappa shape index (κ2) is 5.83. The van der Waals surface area contributed by atoms with E-state index in [1.54, 1.807) is 18.2 Å². The van der Waals surface area contributed by atoms with Gasteiger partial charge < -0.3 is 4.84 Å². The van der Waals surface area contributed by atoms with Crippen LogP contribution in [0.2, 0.25) is 0 Å². The van der Waals surface area contributed by atoms with Crippen LogP contribution in [0.3, 0.4) is 0 Å². The summed E-state index contributed by atoms with van der Waals surface area (Å²) in [6.45, 7) is 0.169. The Morgan fingerprint density at radius 2 is 1.86 bits per heavy atom. The second-order valence-corrected chi connectivity index (χ2v) is 6.28. The maximum absolute atomic E-state index is 12.3. The number of hydrogen-bond acceptors (Lipinski definition) is 4. The Kier molecular flexibility index (Phi) is 3.90. The van der Waals surface area contributed by atoms with Gasteiger partial charge in [0.05, 0.1) is 5.39 Å². The van der Waals surface area contributed by atoms with Gasteiger partial charge in [0.1, 0.15) is 6.61 Å². The molecule has 0 saturated carbocycles. The second-order valence-electron chi connectivity index (χ2n) is 4.37. The van der Waals surface area contributed by atoms with Crippen LogP contribution in [0.5, 0.6) is 0 Å². The standard InChI is InChI=1S/C15H10BrNO3S/c16-11-6-7-13-12(8-11)14(18)17(15(19)21-13)20-9-10-4-2-1-3-5-10/h1-8H,9H2. The normalized spacial score (nSPS) is 10.7. The minimum atomic E-state index is -0.439. The topological polar surface area (TPSA) is 48.3 Å². The van der Waals surface area contributed by atoms with Gasteiger partial charge in [-0.2, -0.15) is 0 Å². The van der Waals surface area contributed by atoms with E-state index < -0.39 is 10.4 Å². The SMILES string of the molecule is O=c1sc2ccc(Br)cc2c(=O)n1OCc1ccccc1. The van der Waals surface area contributed by atoms with Crippen molar-refractivity contribution in [1.29, 1.82) is 0 Å². The van der Waals surface area contributed by atoms with E-state index in [4.69, 9.17) is 4.84 Å². The Morgan fingerprint density at radius 3 is 2.62 bits per heavy atom. The quantitative estimate of drug-likeness (QED) is 0.718. The summed E-state index contributed by atoms with van der Waals surface area (Å²) in [6, 6.07) is 14.6. The van der Waals surface area contributed by atoms with Crippen molar-refractivity contribution in [3.05, 3.63) is 78.6 Å². The number of rotatable bonds is 3. The van der Waals surface area contributed by atoms with Crippen LogP contribution in [-0.4, -0.2) is 4.73 Å². The van der Waals surface area contributed by atoms with Crippen molar-refractivity contribution in [3.63, 3.8) is 0 Å². The highest BCUT2D eigenvalue weighted by Crippen LogP contribution is 2.18. The van der Waals surface area contributed by atoms with E-state index in [1.165, 1.54) is 0 Å². The molecule has 1 heterocycles. The van der Waals surface area contributed by atoms with Gasteiger partial charge in [0.25, 0.3) is 5.56 Å². The fraction of sp³-hybridized carbons (Fsp3) is 0.0667. The number of aromatic nitrogens is 1. The monoisotopic (exact) mass is 363 g/mol. The van der Waals surface area contributed by atoms with Crippen LogP contribution in [0, 0.1) is 0 Å². The summed E-state index contributed by atoms with van der Waals surface area (Å²) < 4.78 is 2.26. The maximum atomic E-state index is 12.3. The largest absolute Gasteiger partial charge is 0.402 e. The Labute approximate surface area is 132 Å². The van der Waals surface area contributed by atoms with E-state index in [1.807, 2.05) is 30.3 Å². The third kappa shape index (κ3) is 2.91. The molecule has 2 aromatic carbocycles. The van der Waals surface area contributed by atoms with Gasteiger partial charge in [0.2, 0.25) is 0 Å². The summed E-state index contributed by atoms with van der Waals surface area (Å²) in [5.74, 6) is 0. The van der Waals surface area contributed by atoms with Crippen molar-refractivity contribution < 1.29 is 4.84 Å². The lowest BCUT2D eigenvalue weighted by atomic mass is 10.2. The van der Waals surface area contributed by atoms with Crippen LogP contribution >= 0.6 is 27.3 Å². The van der Waals surface area contributed by atoms with Crippen LogP contribution in [-0.2, 0) is 6.61 Å². The molecule has 6 heteroatoms. The highest BCUT2D eigenvalue weighted by Gasteiger charge is 2.09. The Balaban J connectivity index is 2.02. The van der Waals surface area contributed by atoms with Gasteiger partial charge in [-0.25, -0.2) is 0 Å². The van der Waals surface area contributed by atoms with E-state index in [-0.39, 0.29) is 6.61 Å². The average molecular weight is 364 g/mol. The van der Waals surface area contributed by atoms with Crippen molar-refractivity contribution in [2.45, 2.75) is 6.61 Å². The van der Waals surface area contributed by atoms with Gasteiger partial charge in [0.15, 0.2) is 0 Å². The fourth-order valence-corrected chi connectivity index (χ4v) is 3.07. The third-order valence-electron chi connectivity index (χ3n) is 2.92. The molecule has 0 unspecified atom stereocenters. The highest BCUT2D eigenvalue weighted by molar-refractivity contribution is 9.10. The lowest BCUT2D eigenvalue weighted by Gasteiger charge is -2.07. The summed E-state index contributed by atoms with van der Waals surface area (Å²) in [5.41, 5.74) is 0.453. The first-order valence-corrected chi connectivity index (χ1v) is 7.79. The Morgan fingerprint density at radius 1 is 1.10 bits per heavy atom. The zero-order valence-corrected chi connectivity index (χ0v) is 13.2. The molecule has 0 aliphatic rings. The summed E-state index contributed by atoms with van der Waals surface area (Å²) in [4.78, 5) is 29.3. The first-order valence-electron chi connectivity index (χ1n) is 6.18. The smallest absolute Gasteiger partial charge is 0.343 e. The molecule has 0 aliphatic carbocycles. The Bertz CT molecular complexity index is 902. The summed E-state index contributed by atoms with van der Waals surface area (Å²) in [5, 5.41) is 0.460. The number of hydrogen-bond donors (Lipinski definition) is 0. The average Bonchev–Trinajstić information content (AvgIpc) is 2.49. The molecule has 3 rings (SSSR count). The molecule has 0 radical (unpaired) electrons. The molecule has 0 N–H and O–H groups in total. The van der Waals surface area contributed by atoms with Gasteiger partial charge in [-0.1, -0.05) is 62.3 Å². The highest BCUT2D eigenvalue weighted by atomic mass is 79.9. The fourth-order valence-electron chi connectivity index (χ4n) is 1.91. The van der Waals surface area contributed by atoms with Crippen LogP contribution in [0.4, 0.5) is 0 Å². The van der Waals surface area contributed by atoms with Crippen molar-refractivity contribution in [2.24, 2.45) is 0 Å². The number of fused-ring (bicyclic) bond motifs is 1. The van der Waals surface area contributed by atoms with Crippen molar-refractivity contribution in [3.8, 4) is 0 Å². The molecule has 0 saturated heterocycles. The molecule has 0 fully saturated rings. The minimum absolute atomic E-state index is 0.169. The predicted octanol–water partition coefficient (Wildman–Crippen LogP) is 2.81. The molecule has 0 aliphatic heterocycles. The molecular weight excluding hydrogens is 354 g/mol. The van der Waals surface area contributed by atoms with Gasteiger partial charge in [-0.15, -0.1) is 0 Å². The molecule has 1 aromatic heterocycles. The molecule has 0 amide bonds. The van der Waals surface area contributed by atoms with E-state index in [2.05, 4.69) is 15.9 Å². The van der Waals surface area contributed by atoms with Crippen LogP contribution in [0.15, 0.2) is 62.6 Å². The van der Waals surface area contributed by atoms with Crippen LogP contribution < -0.4 is 15.3 Å². The Hall–Kier alpha value is -1.92. The van der Waals surface area contributed by atoms with E-state index in [0.717, 1.165) is 26.1 Å². The molecular formula is C15H10BrNO3S. The molecule has 0 atom stereocenters. The lowest BCUT2D eigenvalue weighted by molar-refractivity contribution is 0.0859. The molecule has 4 nitrogen and oxygen atoms in total. The minimum Gasteiger partial charge on any atom is -0.402 e. The van der Waals surface area contributed by atoms with E-state index in [9.17, 15) is 9.59 Å². The summed E-state index contributed by atoms with van der Waals surface area (Å²) in [7, 11) is 0. The molecule has 21 heavy (non-hydrogen) atoms. The number of nitrogens with zero attached hydrogens (tertiary/aromatic N) is 1. The number of halogens is 1. The first-order chi connectivity index (χ1) is 10.1. The van der Waals surface area contributed by atoms with Gasteiger partial charge in [-0.3, -0.25) is 9.59 Å². The van der Waals surface area contributed by atoms with Gasteiger partial charge in [-0.05, 0) is 23.8 Å². The van der Waals surface area contributed by atoms with Gasteiger partial charge in [0, 0.05) is 9.17 Å². The van der Waals surface area contributed by atoms with E-state index >= 15 is 0 Å². The van der Waals surface area contributed by atoms with Crippen LogP contribution in [0.25, 0.3) is 10.1 Å².